The maximum atomic E-state index is 11.6. The first-order valence-corrected chi connectivity index (χ1v) is 6.76. The Hall–Kier alpha value is -2.12. The molecular formula is C12H19N5O3. The number of rotatable bonds is 6. The van der Waals surface area contributed by atoms with Gasteiger partial charge in [0.25, 0.3) is 0 Å². The number of carbonyl (C=O) groups is 2. The highest BCUT2D eigenvalue weighted by Crippen LogP contribution is 2.25. The molecule has 2 unspecified atom stereocenters. The summed E-state index contributed by atoms with van der Waals surface area (Å²) in [5.41, 5.74) is 0. The van der Waals surface area contributed by atoms with E-state index in [0.29, 0.717) is 19.4 Å². The molecular weight excluding hydrogens is 262 g/mol. The van der Waals surface area contributed by atoms with Crippen molar-refractivity contribution < 1.29 is 14.7 Å². The number of amides is 2. The summed E-state index contributed by atoms with van der Waals surface area (Å²) in [7, 11) is 0. The van der Waals surface area contributed by atoms with Crippen molar-refractivity contribution in [3.8, 4) is 0 Å². The monoisotopic (exact) mass is 281 g/mol. The molecule has 2 rings (SSSR count). The number of aryl methyl sites for hydroxylation is 1. The maximum Gasteiger partial charge on any atom is 0.315 e. The number of carbonyl (C=O) groups excluding carboxylic acids is 1. The van der Waals surface area contributed by atoms with Crippen LogP contribution in [0.4, 0.5) is 4.79 Å². The third-order valence-corrected chi connectivity index (χ3v) is 3.46. The molecule has 2 atom stereocenters. The molecule has 0 aromatic carbocycles. The SMILES string of the molecule is O=C(NCCCc1ncn[nH]1)NC1CCC(C(=O)O)C1. The Balaban J connectivity index is 1.58. The van der Waals surface area contributed by atoms with Crippen molar-refractivity contribution in [3.05, 3.63) is 12.2 Å². The summed E-state index contributed by atoms with van der Waals surface area (Å²) >= 11 is 0. The molecule has 0 bridgehead atoms. The lowest BCUT2D eigenvalue weighted by Crippen LogP contribution is -2.41. The molecule has 1 aromatic heterocycles. The molecule has 1 aliphatic carbocycles. The molecule has 1 saturated carbocycles. The number of H-pyrrole nitrogens is 1. The van der Waals surface area contributed by atoms with Crippen molar-refractivity contribution in [2.45, 2.75) is 38.1 Å². The zero-order valence-corrected chi connectivity index (χ0v) is 11.1. The number of carboxylic acid groups (broad SMARTS) is 1. The molecule has 8 nitrogen and oxygen atoms in total. The van der Waals surface area contributed by atoms with Gasteiger partial charge in [-0.05, 0) is 25.7 Å². The second-order valence-corrected chi connectivity index (χ2v) is 4.98. The maximum absolute atomic E-state index is 11.6. The number of carboxylic acids is 1. The van der Waals surface area contributed by atoms with E-state index in [2.05, 4.69) is 25.8 Å². The van der Waals surface area contributed by atoms with E-state index in [-0.39, 0.29) is 18.0 Å². The molecule has 1 fully saturated rings. The number of nitrogens with zero attached hydrogens (tertiary/aromatic N) is 2. The number of hydrogen-bond donors (Lipinski definition) is 4. The summed E-state index contributed by atoms with van der Waals surface area (Å²) in [5.74, 6) is -0.305. The molecule has 1 heterocycles. The van der Waals surface area contributed by atoms with Gasteiger partial charge in [0.15, 0.2) is 0 Å². The van der Waals surface area contributed by atoms with Crippen molar-refractivity contribution in [1.29, 1.82) is 0 Å². The number of aromatic nitrogens is 3. The molecule has 20 heavy (non-hydrogen) atoms. The van der Waals surface area contributed by atoms with E-state index in [1.54, 1.807) is 0 Å². The van der Waals surface area contributed by atoms with Gasteiger partial charge in [-0.3, -0.25) is 9.89 Å². The van der Waals surface area contributed by atoms with Crippen LogP contribution in [0.15, 0.2) is 6.33 Å². The Morgan fingerprint density at radius 3 is 2.95 bits per heavy atom. The van der Waals surface area contributed by atoms with Gasteiger partial charge in [-0.15, -0.1) is 0 Å². The Morgan fingerprint density at radius 1 is 1.45 bits per heavy atom. The fourth-order valence-electron chi connectivity index (χ4n) is 2.38. The van der Waals surface area contributed by atoms with Crippen molar-refractivity contribution in [3.63, 3.8) is 0 Å². The molecule has 0 aliphatic heterocycles. The largest absolute Gasteiger partial charge is 0.481 e. The van der Waals surface area contributed by atoms with Gasteiger partial charge in [-0.1, -0.05) is 0 Å². The molecule has 8 heteroatoms. The summed E-state index contributed by atoms with van der Waals surface area (Å²) in [4.78, 5) is 26.4. The molecule has 4 N–H and O–H groups in total. The van der Waals surface area contributed by atoms with E-state index < -0.39 is 5.97 Å². The molecule has 1 aliphatic rings. The number of hydrogen-bond acceptors (Lipinski definition) is 4. The summed E-state index contributed by atoms with van der Waals surface area (Å²) in [6, 6.07) is -0.274. The van der Waals surface area contributed by atoms with Crippen molar-refractivity contribution in [2.24, 2.45) is 5.92 Å². The van der Waals surface area contributed by atoms with Crippen LogP contribution in [0, 0.1) is 5.92 Å². The first-order valence-electron chi connectivity index (χ1n) is 6.76. The third kappa shape index (κ3) is 4.22. The van der Waals surface area contributed by atoms with E-state index in [4.69, 9.17) is 5.11 Å². The number of nitrogens with one attached hydrogen (secondary N) is 3. The fraction of sp³-hybridized carbons (Fsp3) is 0.667. The minimum Gasteiger partial charge on any atom is -0.481 e. The fourth-order valence-corrected chi connectivity index (χ4v) is 2.38. The molecule has 110 valence electrons. The van der Waals surface area contributed by atoms with Gasteiger partial charge in [-0.2, -0.15) is 5.10 Å². The van der Waals surface area contributed by atoms with Crippen LogP contribution in [0.2, 0.25) is 0 Å². The predicted octanol–water partition coefficient (Wildman–Crippen LogP) is 0.290. The highest BCUT2D eigenvalue weighted by atomic mass is 16.4. The second-order valence-electron chi connectivity index (χ2n) is 4.98. The van der Waals surface area contributed by atoms with Crippen LogP contribution in [0.5, 0.6) is 0 Å². The number of aliphatic carboxylic acids is 1. The molecule has 2 amide bonds. The van der Waals surface area contributed by atoms with Crippen LogP contribution < -0.4 is 10.6 Å². The van der Waals surface area contributed by atoms with Crippen LogP contribution >= 0.6 is 0 Å². The molecule has 0 spiro atoms. The van der Waals surface area contributed by atoms with Crippen molar-refractivity contribution in [2.75, 3.05) is 6.54 Å². The quantitative estimate of drug-likeness (QED) is 0.559. The Bertz CT molecular complexity index is 448. The second kappa shape index (κ2) is 6.88. The van der Waals surface area contributed by atoms with E-state index in [0.717, 1.165) is 25.1 Å². The van der Waals surface area contributed by atoms with Gasteiger partial charge in [-0.25, -0.2) is 9.78 Å². The summed E-state index contributed by atoms with van der Waals surface area (Å²) in [6.45, 7) is 0.543. The molecule has 0 radical (unpaired) electrons. The normalized spacial score (nSPS) is 21.6. The zero-order chi connectivity index (χ0) is 14.4. The average Bonchev–Trinajstić information content (AvgIpc) is 3.05. The van der Waals surface area contributed by atoms with Crippen LogP contribution in [-0.4, -0.2) is 44.9 Å². The Morgan fingerprint density at radius 2 is 2.30 bits per heavy atom. The Kier molecular flexibility index (Phi) is 4.91. The Labute approximate surface area is 116 Å². The van der Waals surface area contributed by atoms with Gasteiger partial charge < -0.3 is 15.7 Å². The molecule has 1 aromatic rings. The summed E-state index contributed by atoms with van der Waals surface area (Å²) in [6.07, 6.45) is 4.82. The number of aromatic amines is 1. The van der Waals surface area contributed by atoms with E-state index in [9.17, 15) is 9.59 Å². The van der Waals surface area contributed by atoms with Crippen molar-refractivity contribution in [1.82, 2.24) is 25.8 Å². The van der Waals surface area contributed by atoms with Gasteiger partial charge in [0, 0.05) is 19.0 Å². The van der Waals surface area contributed by atoms with E-state index in [1.165, 1.54) is 6.33 Å². The minimum atomic E-state index is -0.776. The van der Waals surface area contributed by atoms with Crippen LogP contribution in [-0.2, 0) is 11.2 Å². The van der Waals surface area contributed by atoms with Crippen LogP contribution in [0.25, 0.3) is 0 Å². The standard InChI is InChI=1S/C12H19N5O3/c18-11(19)8-3-4-9(6-8)16-12(20)13-5-1-2-10-14-7-15-17-10/h7-9H,1-6H2,(H,18,19)(H2,13,16,20)(H,14,15,17). The molecule has 0 saturated heterocycles. The van der Waals surface area contributed by atoms with Gasteiger partial charge in [0.2, 0.25) is 0 Å². The first-order chi connectivity index (χ1) is 9.65. The van der Waals surface area contributed by atoms with Crippen molar-refractivity contribution >= 4 is 12.0 Å². The van der Waals surface area contributed by atoms with Gasteiger partial charge >= 0.3 is 12.0 Å². The lowest BCUT2D eigenvalue weighted by Gasteiger charge is -2.13. The average molecular weight is 281 g/mol. The highest BCUT2D eigenvalue weighted by Gasteiger charge is 2.30. The third-order valence-electron chi connectivity index (χ3n) is 3.46. The smallest absolute Gasteiger partial charge is 0.315 e. The zero-order valence-electron chi connectivity index (χ0n) is 11.1. The lowest BCUT2D eigenvalue weighted by molar-refractivity contribution is -0.141. The lowest BCUT2D eigenvalue weighted by atomic mass is 10.1. The van der Waals surface area contributed by atoms with Gasteiger partial charge in [0.1, 0.15) is 12.2 Å². The minimum absolute atomic E-state index is 0.0367. The highest BCUT2D eigenvalue weighted by molar-refractivity contribution is 5.75. The topological polar surface area (TPSA) is 120 Å². The van der Waals surface area contributed by atoms with E-state index in [1.807, 2.05) is 0 Å². The number of urea groups is 1. The first kappa shape index (κ1) is 14.3. The predicted molar refractivity (Wildman–Crippen MR) is 70.0 cm³/mol. The van der Waals surface area contributed by atoms with Gasteiger partial charge in [0.05, 0.1) is 5.92 Å². The van der Waals surface area contributed by atoms with E-state index >= 15 is 0 Å². The summed E-state index contributed by atoms with van der Waals surface area (Å²) < 4.78 is 0. The van der Waals surface area contributed by atoms with Crippen LogP contribution in [0.3, 0.4) is 0 Å². The summed E-state index contributed by atoms with van der Waals surface area (Å²) in [5, 5.41) is 20.9. The van der Waals surface area contributed by atoms with Crippen LogP contribution in [0.1, 0.15) is 31.5 Å².